The molecule has 0 aliphatic carbocycles. The lowest BCUT2D eigenvalue weighted by Gasteiger charge is -2.22. The molecule has 3 aromatic rings. The van der Waals surface area contributed by atoms with Crippen molar-refractivity contribution in [2.24, 2.45) is 0 Å². The van der Waals surface area contributed by atoms with Gasteiger partial charge >= 0.3 is 0 Å². The molecule has 0 aliphatic heterocycles. The molecule has 0 saturated carbocycles. The summed E-state index contributed by atoms with van der Waals surface area (Å²) in [4.78, 5) is 4.40. The van der Waals surface area contributed by atoms with Crippen molar-refractivity contribution in [1.82, 2.24) is 9.55 Å². The van der Waals surface area contributed by atoms with E-state index in [2.05, 4.69) is 66.1 Å². The second kappa shape index (κ2) is 4.67. The van der Waals surface area contributed by atoms with Crippen molar-refractivity contribution in [3.63, 3.8) is 0 Å². The molecule has 2 heterocycles. The van der Waals surface area contributed by atoms with Gasteiger partial charge in [-0.25, -0.2) is 4.98 Å². The molecule has 0 unspecified atom stereocenters. The number of hydrogen-bond acceptors (Lipinski definition) is 2. The quantitative estimate of drug-likeness (QED) is 0.751. The summed E-state index contributed by atoms with van der Waals surface area (Å²) >= 11 is 0. The smallest absolute Gasteiger partial charge is 0.137 e. The highest BCUT2D eigenvalue weighted by Crippen LogP contribution is 2.24. The Labute approximate surface area is 119 Å². The summed E-state index contributed by atoms with van der Waals surface area (Å²) in [5.41, 5.74) is 2.38. The van der Waals surface area contributed by atoms with Crippen LogP contribution in [0, 0.1) is 0 Å². The Hall–Kier alpha value is -2.29. The van der Waals surface area contributed by atoms with E-state index in [1.54, 1.807) is 0 Å². The molecule has 2 aromatic heterocycles. The summed E-state index contributed by atoms with van der Waals surface area (Å²) in [5, 5.41) is 4.71. The van der Waals surface area contributed by atoms with Crippen molar-refractivity contribution in [1.29, 1.82) is 0 Å². The summed E-state index contributed by atoms with van der Waals surface area (Å²) in [6.07, 6.45) is 3.88. The van der Waals surface area contributed by atoms with Gasteiger partial charge < -0.3 is 9.88 Å². The fourth-order valence-electron chi connectivity index (χ4n) is 2.35. The molecule has 3 rings (SSSR count). The molecule has 1 aromatic carbocycles. The monoisotopic (exact) mass is 265 g/mol. The third-order valence-electron chi connectivity index (χ3n) is 3.11. The predicted octanol–water partition coefficient (Wildman–Crippen LogP) is 4.24. The normalized spacial score (nSPS) is 11.8. The zero-order valence-corrected chi connectivity index (χ0v) is 12.1. The van der Waals surface area contributed by atoms with Crippen LogP contribution in [0.5, 0.6) is 0 Å². The molecule has 0 amide bonds. The van der Waals surface area contributed by atoms with Crippen LogP contribution in [0.2, 0.25) is 0 Å². The Morgan fingerprint density at radius 2 is 1.90 bits per heavy atom. The maximum absolute atomic E-state index is 4.40. The lowest BCUT2D eigenvalue weighted by molar-refractivity contribution is 0.634. The highest BCUT2D eigenvalue weighted by Gasteiger charge is 2.10. The van der Waals surface area contributed by atoms with Gasteiger partial charge in [0.05, 0.1) is 5.52 Å². The van der Waals surface area contributed by atoms with E-state index in [0.717, 1.165) is 11.5 Å². The third kappa shape index (κ3) is 2.52. The average molecular weight is 265 g/mol. The van der Waals surface area contributed by atoms with E-state index < -0.39 is 0 Å². The summed E-state index contributed by atoms with van der Waals surface area (Å²) in [6.45, 7) is 6.49. The van der Waals surface area contributed by atoms with Crippen LogP contribution in [0.3, 0.4) is 0 Å². The van der Waals surface area contributed by atoms with Crippen LogP contribution in [0.1, 0.15) is 20.8 Å². The topological polar surface area (TPSA) is 29.9 Å². The number of rotatable bonds is 2. The maximum atomic E-state index is 4.40. The molecule has 102 valence electrons. The summed E-state index contributed by atoms with van der Waals surface area (Å²) in [6, 6.07) is 14.5. The lowest BCUT2D eigenvalue weighted by atomic mass is 10.1. The third-order valence-corrected chi connectivity index (χ3v) is 3.11. The molecular formula is C17H19N3. The molecule has 0 spiro atoms. The first-order valence-electron chi connectivity index (χ1n) is 6.84. The Morgan fingerprint density at radius 1 is 1.05 bits per heavy atom. The number of fused-ring (bicyclic) bond motifs is 1. The first-order valence-corrected chi connectivity index (χ1v) is 6.84. The Bertz CT molecular complexity index is 721. The van der Waals surface area contributed by atoms with E-state index in [0.29, 0.717) is 0 Å². The molecule has 0 atom stereocenters. The van der Waals surface area contributed by atoms with E-state index in [1.165, 1.54) is 10.9 Å². The van der Waals surface area contributed by atoms with Crippen LogP contribution in [-0.2, 0) is 0 Å². The van der Waals surface area contributed by atoms with Crippen molar-refractivity contribution >= 4 is 16.6 Å². The van der Waals surface area contributed by atoms with E-state index >= 15 is 0 Å². The number of pyridine rings is 1. The van der Waals surface area contributed by atoms with Gasteiger partial charge in [0.15, 0.2) is 0 Å². The van der Waals surface area contributed by atoms with Gasteiger partial charge in [0.25, 0.3) is 0 Å². The Kier molecular flexibility index (Phi) is 2.97. The van der Waals surface area contributed by atoms with Gasteiger partial charge in [-0.05, 0) is 57.2 Å². The molecule has 20 heavy (non-hydrogen) atoms. The minimum absolute atomic E-state index is 0.0667. The summed E-state index contributed by atoms with van der Waals surface area (Å²) < 4.78 is 2.11. The number of nitrogens with one attached hydrogen (secondary N) is 1. The van der Waals surface area contributed by atoms with Gasteiger partial charge in [-0.15, -0.1) is 0 Å². The van der Waals surface area contributed by atoms with Gasteiger partial charge in [0.2, 0.25) is 0 Å². The van der Waals surface area contributed by atoms with Gasteiger partial charge in [0.1, 0.15) is 5.82 Å². The molecule has 0 bridgehead atoms. The second-order valence-electron chi connectivity index (χ2n) is 6.02. The molecule has 0 radical (unpaired) electrons. The highest BCUT2D eigenvalue weighted by molar-refractivity contribution is 5.85. The van der Waals surface area contributed by atoms with Gasteiger partial charge in [-0.3, -0.25) is 0 Å². The highest BCUT2D eigenvalue weighted by atomic mass is 15.0. The predicted molar refractivity (Wildman–Crippen MR) is 84.4 cm³/mol. The number of anilines is 1. The fourth-order valence-corrected chi connectivity index (χ4v) is 2.35. The first-order chi connectivity index (χ1) is 9.53. The standard InChI is InChI=1S/C17H19N3/c1-17(2,3)19-14-7-8-15-13(12-14)9-11-20(15)16-6-4-5-10-18-16/h4-12,19H,1-3H3. The average Bonchev–Trinajstić information content (AvgIpc) is 2.81. The Morgan fingerprint density at radius 3 is 2.60 bits per heavy atom. The molecular weight excluding hydrogens is 246 g/mol. The van der Waals surface area contributed by atoms with E-state index in [9.17, 15) is 0 Å². The first kappa shape index (κ1) is 12.7. The maximum Gasteiger partial charge on any atom is 0.137 e. The molecule has 0 fully saturated rings. The minimum atomic E-state index is 0.0667. The SMILES string of the molecule is CC(C)(C)Nc1ccc2c(ccn2-c2ccccn2)c1. The van der Waals surface area contributed by atoms with Crippen LogP contribution in [0.4, 0.5) is 5.69 Å². The molecule has 0 saturated heterocycles. The van der Waals surface area contributed by atoms with Gasteiger partial charge in [0, 0.05) is 29.0 Å². The van der Waals surface area contributed by atoms with Crippen LogP contribution < -0.4 is 5.32 Å². The second-order valence-corrected chi connectivity index (χ2v) is 6.02. The largest absolute Gasteiger partial charge is 0.380 e. The summed E-state index contributed by atoms with van der Waals surface area (Å²) in [5.74, 6) is 0.944. The van der Waals surface area contributed by atoms with Crippen molar-refractivity contribution in [3.05, 3.63) is 54.9 Å². The number of aromatic nitrogens is 2. The van der Waals surface area contributed by atoms with Crippen LogP contribution in [-0.4, -0.2) is 15.1 Å². The van der Waals surface area contributed by atoms with E-state index in [4.69, 9.17) is 0 Å². The van der Waals surface area contributed by atoms with Crippen molar-refractivity contribution in [2.75, 3.05) is 5.32 Å². The van der Waals surface area contributed by atoms with E-state index in [-0.39, 0.29) is 5.54 Å². The molecule has 0 aliphatic rings. The van der Waals surface area contributed by atoms with Crippen LogP contribution in [0.15, 0.2) is 54.9 Å². The minimum Gasteiger partial charge on any atom is -0.380 e. The lowest BCUT2D eigenvalue weighted by Crippen LogP contribution is -2.25. The van der Waals surface area contributed by atoms with Gasteiger partial charge in [-0.1, -0.05) is 6.07 Å². The molecule has 3 heteroatoms. The van der Waals surface area contributed by atoms with Crippen molar-refractivity contribution < 1.29 is 0 Å². The van der Waals surface area contributed by atoms with Crippen molar-refractivity contribution in [3.8, 4) is 5.82 Å². The van der Waals surface area contributed by atoms with E-state index in [1.807, 2.05) is 24.4 Å². The zero-order chi connectivity index (χ0) is 14.2. The van der Waals surface area contributed by atoms with Crippen molar-refractivity contribution in [2.45, 2.75) is 26.3 Å². The number of nitrogens with zero attached hydrogens (tertiary/aromatic N) is 2. The summed E-state index contributed by atoms with van der Waals surface area (Å²) in [7, 11) is 0. The number of benzene rings is 1. The van der Waals surface area contributed by atoms with Crippen LogP contribution in [0.25, 0.3) is 16.7 Å². The van der Waals surface area contributed by atoms with Gasteiger partial charge in [-0.2, -0.15) is 0 Å². The zero-order valence-electron chi connectivity index (χ0n) is 12.1. The molecule has 3 nitrogen and oxygen atoms in total. The number of hydrogen-bond donors (Lipinski definition) is 1. The van der Waals surface area contributed by atoms with Crippen LogP contribution >= 0.6 is 0 Å². The Balaban J connectivity index is 2.03. The molecule has 1 N–H and O–H groups in total. The fraction of sp³-hybridized carbons (Fsp3) is 0.235.